The van der Waals surface area contributed by atoms with Crippen molar-refractivity contribution < 1.29 is 4.79 Å². The van der Waals surface area contributed by atoms with Gasteiger partial charge >= 0.3 is 0 Å². The summed E-state index contributed by atoms with van der Waals surface area (Å²) >= 11 is 0. The van der Waals surface area contributed by atoms with E-state index >= 15 is 0 Å². The largest absolute Gasteiger partial charge is 0.345 e. The smallest absolute Gasteiger partial charge is 0.254 e. The minimum absolute atomic E-state index is 0.00357. The van der Waals surface area contributed by atoms with Gasteiger partial charge in [0.2, 0.25) is 0 Å². The first-order valence-corrected chi connectivity index (χ1v) is 11.0. The van der Waals surface area contributed by atoms with Crippen LogP contribution in [0.3, 0.4) is 0 Å². The van der Waals surface area contributed by atoms with Gasteiger partial charge in [-0.15, -0.1) is 0 Å². The van der Waals surface area contributed by atoms with Crippen molar-refractivity contribution in [2.24, 2.45) is 5.41 Å². The molecule has 2 aliphatic rings. The highest BCUT2D eigenvalue weighted by Gasteiger charge is 2.57. The normalized spacial score (nSPS) is 24.5. The average molecular weight is 414 g/mol. The topological polar surface area (TPSA) is 77.7 Å². The van der Waals surface area contributed by atoms with Crippen LogP contribution in [-0.4, -0.2) is 43.3 Å². The molecule has 4 aromatic rings. The van der Waals surface area contributed by atoms with Gasteiger partial charge in [-0.3, -0.25) is 4.79 Å². The molecular weight excluding hydrogens is 386 g/mol. The molecule has 1 amide bonds. The van der Waals surface area contributed by atoms with Crippen LogP contribution >= 0.6 is 0 Å². The Balaban J connectivity index is 1.45. The fourth-order valence-electron chi connectivity index (χ4n) is 6.02. The van der Waals surface area contributed by atoms with Gasteiger partial charge in [0.1, 0.15) is 5.82 Å². The van der Waals surface area contributed by atoms with Gasteiger partial charge in [-0.05, 0) is 66.6 Å². The number of nitrogens with one attached hydrogen (secondary N) is 2. The SMILES string of the molecule is Cc1nc2cc3c(cc2[nH]1)CC1N(C(=O)c2ccc4nc[nH]c4c2)CC[C@]3(C)C1(C)C. The molecule has 1 unspecified atom stereocenters. The van der Waals surface area contributed by atoms with E-state index in [1.807, 2.05) is 25.1 Å². The standard InChI is InChI=1S/C25H27N5O/c1-14-28-20-10-16-11-22-24(2,3)25(4,17(16)12-21(20)29-14)7-8-30(22)23(31)15-5-6-18-19(9-15)27-13-26-18/h5-6,9-10,12-13,22H,7-8,11H2,1-4H3,(H,26,27)(H,28,29)/t22?,25-/m0/s1. The first-order valence-electron chi connectivity index (χ1n) is 11.0. The molecule has 6 nitrogen and oxygen atoms in total. The highest BCUT2D eigenvalue weighted by atomic mass is 16.2. The van der Waals surface area contributed by atoms with E-state index in [4.69, 9.17) is 0 Å². The van der Waals surface area contributed by atoms with Crippen LogP contribution in [0.1, 0.15) is 54.5 Å². The number of hydrogen-bond donors (Lipinski definition) is 2. The van der Waals surface area contributed by atoms with E-state index in [1.165, 1.54) is 11.1 Å². The first-order chi connectivity index (χ1) is 14.8. The zero-order valence-electron chi connectivity index (χ0n) is 18.4. The van der Waals surface area contributed by atoms with Gasteiger partial charge in [-0.1, -0.05) is 20.8 Å². The van der Waals surface area contributed by atoms with Crippen molar-refractivity contribution in [3.05, 3.63) is 59.2 Å². The molecule has 2 N–H and O–H groups in total. The van der Waals surface area contributed by atoms with E-state index in [-0.39, 0.29) is 22.8 Å². The van der Waals surface area contributed by atoms with E-state index in [1.54, 1.807) is 6.33 Å². The van der Waals surface area contributed by atoms with Crippen LogP contribution in [0.4, 0.5) is 0 Å². The molecule has 1 aliphatic carbocycles. The third-order valence-corrected chi connectivity index (χ3v) is 8.25. The van der Waals surface area contributed by atoms with Crippen LogP contribution in [0.5, 0.6) is 0 Å². The number of aromatic nitrogens is 4. The van der Waals surface area contributed by atoms with Crippen molar-refractivity contribution in [3.8, 4) is 0 Å². The van der Waals surface area contributed by atoms with Crippen molar-refractivity contribution >= 4 is 28.0 Å². The fourth-order valence-corrected chi connectivity index (χ4v) is 6.02. The lowest BCUT2D eigenvalue weighted by atomic mass is 9.51. The minimum Gasteiger partial charge on any atom is -0.345 e. The van der Waals surface area contributed by atoms with Gasteiger partial charge in [0.15, 0.2) is 0 Å². The summed E-state index contributed by atoms with van der Waals surface area (Å²) in [4.78, 5) is 31.2. The van der Waals surface area contributed by atoms with E-state index in [0.29, 0.717) is 0 Å². The Morgan fingerprint density at radius 1 is 1.13 bits per heavy atom. The molecule has 1 saturated heterocycles. The lowest BCUT2D eigenvalue weighted by molar-refractivity contribution is -0.0261. The van der Waals surface area contributed by atoms with Crippen molar-refractivity contribution in [3.63, 3.8) is 0 Å². The molecule has 31 heavy (non-hydrogen) atoms. The molecule has 0 radical (unpaired) electrons. The molecule has 2 bridgehead atoms. The average Bonchev–Trinajstić information content (AvgIpc) is 3.33. The Labute approximate surface area is 181 Å². The highest BCUT2D eigenvalue weighted by molar-refractivity contribution is 5.97. The number of piperidine rings is 1. The lowest BCUT2D eigenvalue weighted by Gasteiger charge is -2.60. The summed E-state index contributed by atoms with van der Waals surface area (Å²) in [7, 11) is 0. The van der Waals surface area contributed by atoms with Crippen LogP contribution in [0.15, 0.2) is 36.7 Å². The van der Waals surface area contributed by atoms with Crippen molar-refractivity contribution in [2.75, 3.05) is 6.54 Å². The Morgan fingerprint density at radius 3 is 2.81 bits per heavy atom. The van der Waals surface area contributed by atoms with Gasteiger partial charge in [0.05, 0.1) is 28.4 Å². The summed E-state index contributed by atoms with van der Waals surface area (Å²) < 4.78 is 0. The molecule has 1 fully saturated rings. The summed E-state index contributed by atoms with van der Waals surface area (Å²) in [6, 6.07) is 10.4. The summed E-state index contributed by atoms with van der Waals surface area (Å²) in [6.45, 7) is 9.81. The summed E-state index contributed by atoms with van der Waals surface area (Å²) in [5, 5.41) is 0. The Kier molecular flexibility index (Phi) is 3.58. The van der Waals surface area contributed by atoms with Gasteiger partial charge in [-0.2, -0.15) is 0 Å². The quantitative estimate of drug-likeness (QED) is 0.482. The number of fused-ring (bicyclic) bond motifs is 6. The Morgan fingerprint density at radius 2 is 1.97 bits per heavy atom. The number of likely N-dealkylation sites (tertiary alicyclic amines) is 1. The zero-order valence-corrected chi connectivity index (χ0v) is 18.4. The summed E-state index contributed by atoms with van der Waals surface area (Å²) in [6.07, 6.45) is 3.48. The molecule has 2 aromatic heterocycles. The number of carbonyl (C=O) groups excluding carboxylic acids is 1. The second-order valence-electron chi connectivity index (χ2n) is 10.0. The Bertz CT molecular complexity index is 1360. The number of carbonyl (C=O) groups is 1. The van der Waals surface area contributed by atoms with Gasteiger partial charge in [0, 0.05) is 23.6 Å². The summed E-state index contributed by atoms with van der Waals surface area (Å²) in [5.41, 5.74) is 7.32. The number of amides is 1. The number of aromatic amines is 2. The van der Waals surface area contributed by atoms with Crippen molar-refractivity contribution in [1.82, 2.24) is 24.8 Å². The number of hydrogen-bond acceptors (Lipinski definition) is 3. The molecule has 0 spiro atoms. The van der Waals surface area contributed by atoms with Gasteiger partial charge in [-0.25, -0.2) is 9.97 Å². The summed E-state index contributed by atoms with van der Waals surface area (Å²) in [5.74, 6) is 1.05. The maximum atomic E-state index is 13.7. The zero-order chi connectivity index (χ0) is 21.5. The molecule has 2 atom stereocenters. The second kappa shape index (κ2) is 5.96. The number of imidazole rings is 2. The number of nitrogens with zero attached hydrogens (tertiary/aromatic N) is 3. The molecular formula is C25H27N5O. The number of H-pyrrole nitrogens is 2. The van der Waals surface area contributed by atoms with Crippen molar-refractivity contribution in [2.45, 2.75) is 52.0 Å². The predicted molar refractivity (Wildman–Crippen MR) is 121 cm³/mol. The van der Waals surface area contributed by atoms with E-state index in [2.05, 4.69) is 57.7 Å². The van der Waals surface area contributed by atoms with Gasteiger partial charge < -0.3 is 14.9 Å². The van der Waals surface area contributed by atoms with E-state index in [0.717, 1.165) is 52.8 Å². The van der Waals surface area contributed by atoms with Crippen LogP contribution < -0.4 is 0 Å². The number of benzene rings is 2. The predicted octanol–water partition coefficient (Wildman–Crippen LogP) is 4.50. The maximum Gasteiger partial charge on any atom is 0.254 e. The molecule has 6 rings (SSSR count). The third kappa shape index (κ3) is 2.42. The number of aryl methyl sites for hydroxylation is 1. The van der Waals surface area contributed by atoms with Crippen LogP contribution in [0, 0.1) is 12.3 Å². The third-order valence-electron chi connectivity index (χ3n) is 8.25. The molecule has 2 aromatic carbocycles. The second-order valence-corrected chi connectivity index (χ2v) is 10.0. The maximum absolute atomic E-state index is 13.7. The molecule has 3 heterocycles. The number of rotatable bonds is 1. The van der Waals surface area contributed by atoms with E-state index < -0.39 is 0 Å². The van der Waals surface area contributed by atoms with E-state index in [9.17, 15) is 4.79 Å². The van der Waals surface area contributed by atoms with Crippen LogP contribution in [0.2, 0.25) is 0 Å². The van der Waals surface area contributed by atoms with Crippen LogP contribution in [0.25, 0.3) is 22.1 Å². The monoisotopic (exact) mass is 413 g/mol. The fraction of sp³-hybridized carbons (Fsp3) is 0.400. The molecule has 6 heteroatoms. The molecule has 0 saturated carbocycles. The van der Waals surface area contributed by atoms with Crippen molar-refractivity contribution in [1.29, 1.82) is 0 Å². The lowest BCUT2D eigenvalue weighted by Crippen LogP contribution is -2.64. The van der Waals surface area contributed by atoms with Gasteiger partial charge in [0.25, 0.3) is 5.91 Å². The van der Waals surface area contributed by atoms with Crippen LogP contribution in [-0.2, 0) is 11.8 Å². The molecule has 1 aliphatic heterocycles. The minimum atomic E-state index is -0.0506. The Hall–Kier alpha value is -3.15. The first kappa shape index (κ1) is 18.6. The molecule has 158 valence electrons. The highest BCUT2D eigenvalue weighted by Crippen LogP contribution is 2.56.